The lowest BCUT2D eigenvalue weighted by molar-refractivity contribution is -0.151. The van der Waals surface area contributed by atoms with Crippen LogP contribution in [0.5, 0.6) is 0 Å². The zero-order chi connectivity index (χ0) is 36.3. The lowest BCUT2D eigenvalue weighted by atomic mass is 9.89. The molecule has 3 aliphatic heterocycles. The van der Waals surface area contributed by atoms with Gasteiger partial charge < -0.3 is 34.4 Å². The van der Waals surface area contributed by atoms with Crippen molar-refractivity contribution in [3.8, 4) is 0 Å². The van der Waals surface area contributed by atoms with Crippen molar-refractivity contribution >= 4 is 18.1 Å². The highest BCUT2D eigenvalue weighted by Crippen LogP contribution is 2.28. The Hall–Kier alpha value is -2.89. The number of aliphatic hydroxyl groups is 2. The van der Waals surface area contributed by atoms with Crippen molar-refractivity contribution in [1.29, 1.82) is 0 Å². The number of carbonyl (C=O) groups excluding carboxylic acids is 3. The van der Waals surface area contributed by atoms with Crippen LogP contribution in [-0.4, -0.2) is 131 Å². The number of nitrogens with zero attached hydrogens (tertiary/aromatic N) is 4. The average Bonchev–Trinajstić information content (AvgIpc) is 3.49. The summed E-state index contributed by atoms with van der Waals surface area (Å²) in [6, 6.07) is 0.655. The summed E-state index contributed by atoms with van der Waals surface area (Å²) in [6.45, 7) is 12.5. The van der Waals surface area contributed by atoms with Crippen molar-refractivity contribution in [2.24, 2.45) is 11.8 Å². The molecule has 282 valence electrons. The second kappa shape index (κ2) is 19.1. The van der Waals surface area contributed by atoms with Gasteiger partial charge in [-0.25, -0.2) is 9.59 Å². The molecule has 2 saturated heterocycles. The number of urea groups is 1. The van der Waals surface area contributed by atoms with Gasteiger partial charge in [0.25, 0.3) is 0 Å². The molecule has 0 spiro atoms. The molecule has 11 heteroatoms. The Balaban J connectivity index is 1.41. The van der Waals surface area contributed by atoms with Gasteiger partial charge in [-0.15, -0.1) is 0 Å². The molecule has 1 aliphatic carbocycles. The van der Waals surface area contributed by atoms with Crippen molar-refractivity contribution in [3.63, 3.8) is 0 Å². The highest BCUT2D eigenvalue weighted by atomic mass is 16.6. The van der Waals surface area contributed by atoms with Gasteiger partial charge >= 0.3 is 18.1 Å². The fourth-order valence-electron chi connectivity index (χ4n) is 7.74. The molecule has 11 nitrogen and oxygen atoms in total. The Labute approximate surface area is 300 Å². The fourth-order valence-corrected chi connectivity index (χ4v) is 7.74. The fraction of sp³-hybridized carbons (Fsp3) is 0.769. The third-order valence-corrected chi connectivity index (χ3v) is 11.0. The standard InChI is InChI=1S/C39H64N4O7/c1-29(28-40(5)37(46)42-21-10-11-22-42)13-12-14-30(2)36-31(3)17-18-34(39(4,48)20-19-33(44)27-35(45)50-36)49-38(47)43-25-23-41(24-26-43)32-15-8-6-7-9-16-32/h12-14,17-18,29,31-34,36,44,48H,6-11,15-16,19-28H2,1-5H3/b13-12+,18-17-,30-14+/t29-,31+,33-,34+,36-,39-/m1/s1. The van der Waals surface area contributed by atoms with Crippen LogP contribution in [0.2, 0.25) is 0 Å². The quantitative estimate of drug-likeness (QED) is 0.154. The molecule has 0 aromatic rings. The largest absolute Gasteiger partial charge is 0.457 e. The maximum atomic E-state index is 13.5. The van der Waals surface area contributed by atoms with E-state index < -0.39 is 36.0 Å². The maximum Gasteiger partial charge on any atom is 0.410 e. The minimum Gasteiger partial charge on any atom is -0.457 e. The zero-order valence-corrected chi connectivity index (χ0v) is 31.3. The summed E-state index contributed by atoms with van der Waals surface area (Å²) < 4.78 is 11.9. The zero-order valence-electron chi connectivity index (χ0n) is 31.3. The summed E-state index contributed by atoms with van der Waals surface area (Å²) in [5, 5.41) is 22.2. The molecule has 0 unspecified atom stereocenters. The number of allylic oxidation sites excluding steroid dienone is 2. The van der Waals surface area contributed by atoms with Gasteiger partial charge in [-0.2, -0.15) is 0 Å². The van der Waals surface area contributed by atoms with Crippen molar-refractivity contribution in [1.82, 2.24) is 19.6 Å². The number of amides is 3. The molecule has 2 N–H and O–H groups in total. The Kier molecular flexibility index (Phi) is 15.2. The molecule has 3 heterocycles. The van der Waals surface area contributed by atoms with Crippen LogP contribution >= 0.6 is 0 Å². The second-order valence-corrected chi connectivity index (χ2v) is 15.5. The number of hydrogen-bond acceptors (Lipinski definition) is 8. The molecule has 0 radical (unpaired) electrons. The molecule has 0 aromatic heterocycles. The number of carbonyl (C=O) groups is 3. The molecule has 3 amide bonds. The van der Waals surface area contributed by atoms with E-state index in [-0.39, 0.29) is 37.1 Å². The summed E-state index contributed by atoms with van der Waals surface area (Å²) in [5.41, 5.74) is -0.653. The van der Waals surface area contributed by atoms with Gasteiger partial charge in [0.1, 0.15) is 11.7 Å². The van der Waals surface area contributed by atoms with Gasteiger partial charge in [-0.1, -0.05) is 63.8 Å². The van der Waals surface area contributed by atoms with Crippen LogP contribution in [0.25, 0.3) is 0 Å². The van der Waals surface area contributed by atoms with Gasteiger partial charge in [-0.3, -0.25) is 9.69 Å². The Morgan fingerprint density at radius 3 is 2.34 bits per heavy atom. The number of esters is 1. The van der Waals surface area contributed by atoms with Crippen LogP contribution in [0.3, 0.4) is 0 Å². The van der Waals surface area contributed by atoms with Crippen LogP contribution in [-0.2, 0) is 14.3 Å². The number of ether oxygens (including phenoxy) is 2. The molecular weight excluding hydrogens is 636 g/mol. The first kappa shape index (κ1) is 39.9. The molecule has 0 aromatic carbocycles. The van der Waals surface area contributed by atoms with E-state index in [1.165, 1.54) is 38.5 Å². The van der Waals surface area contributed by atoms with E-state index in [9.17, 15) is 24.6 Å². The molecule has 4 aliphatic rings. The summed E-state index contributed by atoms with van der Waals surface area (Å²) >= 11 is 0. The highest BCUT2D eigenvalue weighted by Gasteiger charge is 2.37. The summed E-state index contributed by atoms with van der Waals surface area (Å²) in [5.74, 6) is -0.720. The lowest BCUT2D eigenvalue weighted by Gasteiger charge is -2.40. The molecule has 1 saturated carbocycles. The third kappa shape index (κ3) is 11.8. The Bertz CT molecular complexity index is 1200. The van der Waals surface area contributed by atoms with E-state index in [0.717, 1.165) is 44.6 Å². The number of piperazine rings is 1. The van der Waals surface area contributed by atoms with E-state index in [4.69, 9.17) is 9.47 Å². The predicted octanol–water partition coefficient (Wildman–Crippen LogP) is 5.52. The van der Waals surface area contributed by atoms with Crippen LogP contribution in [0.1, 0.15) is 98.3 Å². The maximum absolute atomic E-state index is 13.5. The second-order valence-electron chi connectivity index (χ2n) is 15.5. The van der Waals surface area contributed by atoms with Crippen LogP contribution in [0.15, 0.2) is 36.0 Å². The first-order valence-corrected chi connectivity index (χ1v) is 19.2. The Morgan fingerprint density at radius 2 is 1.68 bits per heavy atom. The van der Waals surface area contributed by atoms with E-state index >= 15 is 0 Å². The molecule has 4 rings (SSSR count). The normalized spacial score (nSPS) is 31.3. The van der Waals surface area contributed by atoms with Gasteiger partial charge in [0.2, 0.25) is 0 Å². The third-order valence-electron chi connectivity index (χ3n) is 11.0. The van der Waals surface area contributed by atoms with E-state index in [2.05, 4.69) is 11.8 Å². The van der Waals surface area contributed by atoms with Crippen molar-refractivity contribution in [3.05, 3.63) is 36.0 Å². The van der Waals surface area contributed by atoms with Gasteiger partial charge in [0.15, 0.2) is 6.10 Å². The summed E-state index contributed by atoms with van der Waals surface area (Å²) in [7, 11) is 1.83. The number of rotatable bonds is 7. The van der Waals surface area contributed by atoms with E-state index in [0.29, 0.717) is 25.7 Å². The topological polar surface area (TPSA) is 123 Å². The molecule has 6 atom stereocenters. The molecule has 3 fully saturated rings. The van der Waals surface area contributed by atoms with Crippen LogP contribution in [0, 0.1) is 11.8 Å². The molecular formula is C39H64N4O7. The van der Waals surface area contributed by atoms with Gasteiger partial charge in [0, 0.05) is 64.8 Å². The lowest BCUT2D eigenvalue weighted by Crippen LogP contribution is -2.53. The average molecular weight is 701 g/mol. The summed E-state index contributed by atoms with van der Waals surface area (Å²) in [6.07, 6.45) is 16.2. The predicted molar refractivity (Wildman–Crippen MR) is 194 cm³/mol. The monoisotopic (exact) mass is 700 g/mol. The highest BCUT2D eigenvalue weighted by molar-refractivity contribution is 5.74. The Morgan fingerprint density at radius 1 is 1.02 bits per heavy atom. The summed E-state index contributed by atoms with van der Waals surface area (Å²) in [4.78, 5) is 47.0. The first-order chi connectivity index (χ1) is 23.8. The minimum atomic E-state index is -1.46. The van der Waals surface area contributed by atoms with E-state index in [1.807, 2.05) is 50.1 Å². The van der Waals surface area contributed by atoms with Gasteiger partial charge in [-0.05, 0) is 69.9 Å². The van der Waals surface area contributed by atoms with Gasteiger partial charge in [0.05, 0.1) is 12.5 Å². The number of likely N-dealkylation sites (tertiary alicyclic amines) is 1. The number of hydrogen-bond donors (Lipinski definition) is 2. The number of aliphatic hydroxyl groups excluding tert-OH is 1. The van der Waals surface area contributed by atoms with Crippen LogP contribution in [0.4, 0.5) is 9.59 Å². The minimum absolute atomic E-state index is 0.0629. The van der Waals surface area contributed by atoms with E-state index in [1.54, 1.807) is 22.8 Å². The van der Waals surface area contributed by atoms with Crippen molar-refractivity contribution < 1.29 is 34.1 Å². The van der Waals surface area contributed by atoms with Crippen LogP contribution < -0.4 is 0 Å². The first-order valence-electron chi connectivity index (χ1n) is 19.2. The number of cyclic esters (lactones) is 1. The SMILES string of the molecule is C/C(=C\C=C\[C@@H](C)CN(C)C(=O)N1CCCC1)[C@H]1OC(=O)C[C@H](O)CC[C@@](C)(O)[C@@H](OC(=O)N2CCN(C3CCCCCC3)CC2)/C=C\[C@@H]1C. The molecule has 50 heavy (non-hydrogen) atoms. The molecule has 0 bridgehead atoms. The van der Waals surface area contributed by atoms with Crippen molar-refractivity contribution in [2.45, 2.75) is 128 Å². The van der Waals surface area contributed by atoms with Crippen molar-refractivity contribution in [2.75, 3.05) is 52.9 Å². The smallest absolute Gasteiger partial charge is 0.410 e.